The van der Waals surface area contributed by atoms with E-state index in [1.807, 2.05) is 6.92 Å². The van der Waals surface area contributed by atoms with Crippen LogP contribution in [-0.2, 0) is 19.4 Å². The van der Waals surface area contributed by atoms with Gasteiger partial charge in [-0.2, -0.15) is 0 Å². The zero-order valence-electron chi connectivity index (χ0n) is 10.8. The SMILES string of the molecule is CCCC1C(=O)NCC(=O)N1CCCS(C)(=O)=O. The van der Waals surface area contributed by atoms with Crippen LogP contribution in [0.1, 0.15) is 26.2 Å². The van der Waals surface area contributed by atoms with E-state index in [4.69, 9.17) is 0 Å². The molecule has 0 saturated carbocycles. The van der Waals surface area contributed by atoms with Gasteiger partial charge in [-0.05, 0) is 12.8 Å². The lowest BCUT2D eigenvalue weighted by Gasteiger charge is -2.34. The molecule has 1 rings (SSSR count). The van der Waals surface area contributed by atoms with Crippen molar-refractivity contribution in [3.05, 3.63) is 0 Å². The van der Waals surface area contributed by atoms with Gasteiger partial charge in [-0.1, -0.05) is 13.3 Å². The third-order valence-corrected chi connectivity index (χ3v) is 3.92. The molecule has 18 heavy (non-hydrogen) atoms. The summed E-state index contributed by atoms with van der Waals surface area (Å²) in [6.45, 7) is 2.28. The van der Waals surface area contributed by atoms with Crippen LogP contribution in [0.2, 0.25) is 0 Å². The molecule has 1 N–H and O–H groups in total. The zero-order chi connectivity index (χ0) is 13.8. The number of piperazine rings is 1. The summed E-state index contributed by atoms with van der Waals surface area (Å²) in [6.07, 6.45) is 2.95. The minimum atomic E-state index is -3.02. The van der Waals surface area contributed by atoms with Crippen molar-refractivity contribution in [2.24, 2.45) is 0 Å². The molecular formula is C11H20N2O4S. The van der Waals surface area contributed by atoms with Gasteiger partial charge in [0.1, 0.15) is 15.9 Å². The number of hydrogen-bond donors (Lipinski definition) is 1. The molecule has 0 spiro atoms. The van der Waals surface area contributed by atoms with Crippen LogP contribution < -0.4 is 5.32 Å². The number of nitrogens with one attached hydrogen (secondary N) is 1. The van der Waals surface area contributed by atoms with Crippen LogP contribution in [0.5, 0.6) is 0 Å². The van der Waals surface area contributed by atoms with Gasteiger partial charge >= 0.3 is 0 Å². The molecule has 1 aliphatic heterocycles. The standard InChI is InChI=1S/C11H20N2O4S/c1-3-5-9-11(15)12-8-10(14)13(9)6-4-7-18(2,16)17/h9H,3-8H2,1-2H3,(H,12,15). The van der Waals surface area contributed by atoms with Crippen molar-refractivity contribution in [2.75, 3.05) is 25.1 Å². The van der Waals surface area contributed by atoms with Gasteiger partial charge in [-0.3, -0.25) is 9.59 Å². The maximum absolute atomic E-state index is 11.7. The molecule has 0 bridgehead atoms. The molecular weight excluding hydrogens is 256 g/mol. The lowest BCUT2D eigenvalue weighted by molar-refractivity contribution is -0.145. The molecule has 0 radical (unpaired) electrons. The van der Waals surface area contributed by atoms with Crippen LogP contribution in [-0.4, -0.2) is 56.3 Å². The van der Waals surface area contributed by atoms with Gasteiger partial charge in [-0.25, -0.2) is 8.42 Å². The summed E-state index contributed by atoms with van der Waals surface area (Å²) < 4.78 is 22.1. The van der Waals surface area contributed by atoms with E-state index >= 15 is 0 Å². The van der Waals surface area contributed by atoms with Gasteiger partial charge < -0.3 is 10.2 Å². The summed E-state index contributed by atoms with van der Waals surface area (Å²) >= 11 is 0. The summed E-state index contributed by atoms with van der Waals surface area (Å²) in [6, 6.07) is -0.448. The second kappa shape index (κ2) is 6.17. The molecule has 1 heterocycles. The highest BCUT2D eigenvalue weighted by atomic mass is 32.2. The van der Waals surface area contributed by atoms with E-state index in [0.717, 1.165) is 6.42 Å². The molecule has 1 saturated heterocycles. The van der Waals surface area contributed by atoms with Crippen LogP contribution in [0.3, 0.4) is 0 Å². The number of sulfone groups is 1. The van der Waals surface area contributed by atoms with E-state index in [-0.39, 0.29) is 24.1 Å². The van der Waals surface area contributed by atoms with Crippen molar-refractivity contribution in [1.29, 1.82) is 0 Å². The second-order valence-electron chi connectivity index (χ2n) is 4.59. The Labute approximate surface area is 108 Å². The second-order valence-corrected chi connectivity index (χ2v) is 6.85. The smallest absolute Gasteiger partial charge is 0.243 e. The Hall–Kier alpha value is -1.11. The molecule has 6 nitrogen and oxygen atoms in total. The summed E-state index contributed by atoms with van der Waals surface area (Å²) in [5.74, 6) is -0.241. The highest BCUT2D eigenvalue weighted by molar-refractivity contribution is 7.90. The fourth-order valence-electron chi connectivity index (χ4n) is 2.04. The van der Waals surface area contributed by atoms with E-state index in [2.05, 4.69) is 5.32 Å². The van der Waals surface area contributed by atoms with Gasteiger partial charge in [0.05, 0.1) is 12.3 Å². The number of hydrogen-bond acceptors (Lipinski definition) is 4. The van der Waals surface area contributed by atoms with Crippen LogP contribution in [0.15, 0.2) is 0 Å². The molecule has 1 unspecified atom stereocenters. The Morgan fingerprint density at radius 1 is 1.39 bits per heavy atom. The third-order valence-electron chi connectivity index (χ3n) is 2.89. The van der Waals surface area contributed by atoms with Crippen LogP contribution >= 0.6 is 0 Å². The summed E-state index contributed by atoms with van der Waals surface area (Å²) in [5, 5.41) is 2.55. The first kappa shape index (κ1) is 14.9. The van der Waals surface area contributed by atoms with Crippen molar-refractivity contribution >= 4 is 21.7 Å². The largest absolute Gasteiger partial charge is 0.345 e. The molecule has 2 amide bonds. The molecule has 1 atom stereocenters. The number of amides is 2. The van der Waals surface area contributed by atoms with Crippen LogP contribution in [0.4, 0.5) is 0 Å². The zero-order valence-corrected chi connectivity index (χ0v) is 11.6. The molecule has 0 aromatic heterocycles. The first-order chi connectivity index (χ1) is 8.35. The normalized spacial score (nSPS) is 21.0. The predicted octanol–water partition coefficient (Wildman–Crippen LogP) is -0.452. The Bertz CT molecular complexity index is 419. The molecule has 0 aliphatic carbocycles. The van der Waals surface area contributed by atoms with E-state index in [1.54, 1.807) is 0 Å². The van der Waals surface area contributed by atoms with Crippen molar-refractivity contribution in [3.8, 4) is 0 Å². The van der Waals surface area contributed by atoms with E-state index in [9.17, 15) is 18.0 Å². The monoisotopic (exact) mass is 276 g/mol. The van der Waals surface area contributed by atoms with E-state index in [0.29, 0.717) is 19.4 Å². The molecule has 1 fully saturated rings. The van der Waals surface area contributed by atoms with Crippen molar-refractivity contribution in [1.82, 2.24) is 10.2 Å². The number of rotatable bonds is 6. The Balaban J connectivity index is 2.62. The van der Waals surface area contributed by atoms with Gasteiger partial charge in [0, 0.05) is 12.8 Å². The molecule has 104 valence electrons. The third kappa shape index (κ3) is 4.29. The summed E-state index contributed by atoms with van der Waals surface area (Å²) in [5.41, 5.74) is 0. The fraction of sp³-hybridized carbons (Fsp3) is 0.818. The minimum Gasteiger partial charge on any atom is -0.345 e. The summed E-state index contributed by atoms with van der Waals surface area (Å²) in [4.78, 5) is 24.9. The van der Waals surface area contributed by atoms with Gasteiger partial charge in [0.15, 0.2) is 0 Å². The quantitative estimate of drug-likeness (QED) is 0.712. The molecule has 1 aliphatic rings. The molecule has 7 heteroatoms. The molecule has 0 aromatic rings. The Kier molecular flexibility index (Phi) is 5.13. The Morgan fingerprint density at radius 2 is 2.06 bits per heavy atom. The Morgan fingerprint density at radius 3 is 2.61 bits per heavy atom. The highest BCUT2D eigenvalue weighted by Gasteiger charge is 2.33. The summed E-state index contributed by atoms with van der Waals surface area (Å²) in [7, 11) is -3.02. The lowest BCUT2D eigenvalue weighted by atomic mass is 10.1. The minimum absolute atomic E-state index is 0.0118. The fourth-order valence-corrected chi connectivity index (χ4v) is 2.69. The molecule has 0 aromatic carbocycles. The maximum Gasteiger partial charge on any atom is 0.243 e. The maximum atomic E-state index is 11.7. The first-order valence-electron chi connectivity index (χ1n) is 6.10. The number of nitrogens with zero attached hydrogens (tertiary/aromatic N) is 1. The van der Waals surface area contributed by atoms with Crippen molar-refractivity contribution in [2.45, 2.75) is 32.2 Å². The van der Waals surface area contributed by atoms with Crippen LogP contribution in [0, 0.1) is 0 Å². The van der Waals surface area contributed by atoms with Gasteiger partial charge in [-0.15, -0.1) is 0 Å². The van der Waals surface area contributed by atoms with Crippen LogP contribution in [0.25, 0.3) is 0 Å². The van der Waals surface area contributed by atoms with Gasteiger partial charge in [0.25, 0.3) is 0 Å². The highest BCUT2D eigenvalue weighted by Crippen LogP contribution is 2.12. The lowest BCUT2D eigenvalue weighted by Crippen LogP contribution is -2.58. The number of carbonyl (C=O) groups excluding carboxylic acids is 2. The van der Waals surface area contributed by atoms with E-state index in [1.165, 1.54) is 11.2 Å². The average Bonchev–Trinajstić information content (AvgIpc) is 2.26. The van der Waals surface area contributed by atoms with Crippen molar-refractivity contribution < 1.29 is 18.0 Å². The first-order valence-corrected chi connectivity index (χ1v) is 8.16. The average molecular weight is 276 g/mol. The topological polar surface area (TPSA) is 83.6 Å². The van der Waals surface area contributed by atoms with Crippen molar-refractivity contribution in [3.63, 3.8) is 0 Å². The van der Waals surface area contributed by atoms with Gasteiger partial charge in [0.2, 0.25) is 11.8 Å². The number of carbonyl (C=O) groups is 2. The van der Waals surface area contributed by atoms with E-state index < -0.39 is 15.9 Å². The predicted molar refractivity (Wildman–Crippen MR) is 67.7 cm³/mol.